The number of pyridine rings is 1. The highest BCUT2D eigenvalue weighted by molar-refractivity contribution is 9.10. The van der Waals surface area contributed by atoms with E-state index in [0.717, 1.165) is 4.47 Å². The molecule has 0 fully saturated rings. The molecule has 0 atom stereocenters. The van der Waals surface area contributed by atoms with Crippen molar-refractivity contribution in [1.29, 1.82) is 0 Å². The fourth-order valence-corrected chi connectivity index (χ4v) is 1.84. The van der Waals surface area contributed by atoms with E-state index in [0.29, 0.717) is 17.3 Å². The molecule has 1 aromatic heterocycles. The molecule has 1 aromatic carbocycles. The van der Waals surface area contributed by atoms with E-state index in [2.05, 4.69) is 26.2 Å². The van der Waals surface area contributed by atoms with E-state index in [1.807, 2.05) is 6.07 Å². The summed E-state index contributed by atoms with van der Waals surface area (Å²) >= 11 is 14.4. The minimum atomic E-state index is -1.01. The van der Waals surface area contributed by atoms with Crippen molar-refractivity contribution in [2.45, 2.75) is 13.3 Å². The molecule has 8 heteroatoms. The summed E-state index contributed by atoms with van der Waals surface area (Å²) in [5.41, 5.74) is 0.138. The van der Waals surface area contributed by atoms with Crippen molar-refractivity contribution in [2.75, 3.05) is 5.32 Å². The summed E-state index contributed by atoms with van der Waals surface area (Å²) in [6, 6.07) is 7.74. The highest BCUT2D eigenvalue weighted by atomic mass is 79.9. The van der Waals surface area contributed by atoms with Gasteiger partial charge in [0.05, 0.1) is 15.6 Å². The number of aromatic nitrogens is 1. The third-order valence-corrected chi connectivity index (χ3v) is 3.69. The van der Waals surface area contributed by atoms with Gasteiger partial charge in [0.1, 0.15) is 5.82 Å². The predicted molar refractivity (Wildman–Crippen MR) is 94.3 cm³/mol. The van der Waals surface area contributed by atoms with Gasteiger partial charge in [-0.3, -0.25) is 4.79 Å². The summed E-state index contributed by atoms with van der Waals surface area (Å²) in [6.07, 6.45) is 2.11. The first kappa shape index (κ1) is 19.4. The molecule has 0 radical (unpaired) electrons. The zero-order valence-electron chi connectivity index (χ0n) is 12.0. The maximum Gasteiger partial charge on any atom is 0.335 e. The Bertz CT molecular complexity index is 694. The number of nitrogens with one attached hydrogen (secondary N) is 1. The first-order valence-electron chi connectivity index (χ1n) is 6.43. The Morgan fingerprint density at radius 2 is 1.91 bits per heavy atom. The molecule has 5 nitrogen and oxygen atoms in total. The van der Waals surface area contributed by atoms with Crippen molar-refractivity contribution < 1.29 is 14.7 Å². The first-order valence-corrected chi connectivity index (χ1v) is 7.98. The lowest BCUT2D eigenvalue weighted by Gasteiger charge is -2.00. The van der Waals surface area contributed by atoms with E-state index in [-0.39, 0.29) is 16.5 Å². The molecular weight excluding hydrogens is 407 g/mol. The highest BCUT2D eigenvalue weighted by Gasteiger charge is 2.04. The lowest BCUT2D eigenvalue weighted by molar-refractivity contribution is -0.115. The van der Waals surface area contributed by atoms with Crippen molar-refractivity contribution >= 4 is 56.8 Å². The van der Waals surface area contributed by atoms with Crippen LogP contribution in [0, 0.1) is 0 Å². The molecule has 122 valence electrons. The number of anilines is 1. The van der Waals surface area contributed by atoms with E-state index in [9.17, 15) is 9.59 Å². The molecule has 2 aromatic rings. The molecular formula is C15H13BrCl2N2O3. The van der Waals surface area contributed by atoms with E-state index < -0.39 is 5.97 Å². The maximum absolute atomic E-state index is 10.9. The number of rotatable bonds is 3. The number of carboxylic acids is 1. The summed E-state index contributed by atoms with van der Waals surface area (Å²) in [7, 11) is 0. The van der Waals surface area contributed by atoms with E-state index in [1.165, 1.54) is 18.2 Å². The minimum Gasteiger partial charge on any atom is -0.478 e. The zero-order valence-corrected chi connectivity index (χ0v) is 15.1. The van der Waals surface area contributed by atoms with Crippen LogP contribution >= 0.6 is 39.1 Å². The fraction of sp³-hybridized carbons (Fsp3) is 0.133. The highest BCUT2D eigenvalue weighted by Crippen LogP contribution is 2.22. The minimum absolute atomic E-state index is 0.0233. The van der Waals surface area contributed by atoms with E-state index in [4.69, 9.17) is 28.3 Å². The Morgan fingerprint density at radius 3 is 2.39 bits per heavy atom. The SMILES string of the molecule is CCC(=O)Nc1ccc(Br)cn1.O=C(O)c1ccc(Cl)c(Cl)c1. The molecule has 0 aliphatic carbocycles. The van der Waals surface area contributed by atoms with Crippen LogP contribution in [0.25, 0.3) is 0 Å². The van der Waals surface area contributed by atoms with Gasteiger partial charge in [-0.25, -0.2) is 9.78 Å². The predicted octanol–water partition coefficient (Wildman–Crippen LogP) is 4.88. The zero-order chi connectivity index (χ0) is 17.4. The molecule has 0 saturated heterocycles. The van der Waals surface area contributed by atoms with Gasteiger partial charge in [0.25, 0.3) is 0 Å². The number of hydrogen-bond donors (Lipinski definition) is 2. The van der Waals surface area contributed by atoms with Crippen LogP contribution in [0.5, 0.6) is 0 Å². The van der Waals surface area contributed by atoms with Crippen LogP contribution in [-0.4, -0.2) is 22.0 Å². The number of carbonyl (C=O) groups is 2. The molecule has 2 N–H and O–H groups in total. The number of benzene rings is 1. The van der Waals surface area contributed by atoms with Crippen molar-refractivity contribution in [2.24, 2.45) is 0 Å². The van der Waals surface area contributed by atoms with Crippen molar-refractivity contribution in [3.63, 3.8) is 0 Å². The van der Waals surface area contributed by atoms with Gasteiger partial charge in [-0.15, -0.1) is 0 Å². The number of amides is 1. The average Bonchev–Trinajstić information content (AvgIpc) is 2.52. The summed E-state index contributed by atoms with van der Waals surface area (Å²) in [4.78, 5) is 25.3. The van der Waals surface area contributed by atoms with Crippen LogP contribution in [-0.2, 0) is 4.79 Å². The summed E-state index contributed by atoms with van der Waals surface area (Å²) in [6.45, 7) is 1.80. The molecule has 0 bridgehead atoms. The van der Waals surface area contributed by atoms with Crippen LogP contribution < -0.4 is 5.32 Å². The number of aromatic carboxylic acids is 1. The third kappa shape index (κ3) is 6.99. The van der Waals surface area contributed by atoms with Gasteiger partial charge >= 0.3 is 5.97 Å². The summed E-state index contributed by atoms with van der Waals surface area (Å²) in [5, 5.41) is 11.8. The largest absolute Gasteiger partial charge is 0.478 e. The number of halogens is 3. The van der Waals surface area contributed by atoms with Crippen LogP contribution in [0.2, 0.25) is 10.0 Å². The van der Waals surface area contributed by atoms with Gasteiger partial charge in [-0.1, -0.05) is 30.1 Å². The van der Waals surface area contributed by atoms with Crippen LogP contribution in [0.4, 0.5) is 5.82 Å². The Labute approximate surface area is 151 Å². The second-order valence-electron chi connectivity index (χ2n) is 4.20. The first-order chi connectivity index (χ1) is 10.8. The Balaban J connectivity index is 0.000000231. The Morgan fingerprint density at radius 1 is 1.22 bits per heavy atom. The second kappa shape index (κ2) is 9.50. The van der Waals surface area contributed by atoms with E-state index >= 15 is 0 Å². The molecule has 0 unspecified atom stereocenters. The number of hydrogen-bond acceptors (Lipinski definition) is 3. The van der Waals surface area contributed by atoms with Crippen LogP contribution in [0.1, 0.15) is 23.7 Å². The van der Waals surface area contributed by atoms with Crippen LogP contribution in [0.15, 0.2) is 41.0 Å². The average molecular weight is 420 g/mol. The van der Waals surface area contributed by atoms with Gasteiger partial charge in [0, 0.05) is 17.1 Å². The third-order valence-electron chi connectivity index (χ3n) is 2.48. The van der Waals surface area contributed by atoms with Crippen molar-refractivity contribution in [3.8, 4) is 0 Å². The molecule has 1 amide bonds. The Hall–Kier alpha value is -1.63. The molecule has 23 heavy (non-hydrogen) atoms. The molecule has 0 spiro atoms. The normalized spacial score (nSPS) is 9.57. The van der Waals surface area contributed by atoms with Crippen molar-refractivity contribution in [3.05, 3.63) is 56.6 Å². The lowest BCUT2D eigenvalue weighted by atomic mass is 10.2. The quantitative estimate of drug-likeness (QED) is 0.742. The number of nitrogens with zero attached hydrogens (tertiary/aromatic N) is 1. The standard InChI is InChI=1S/C8H9BrN2O.C7H4Cl2O2/c1-2-8(12)11-7-4-3-6(9)5-10-7;8-5-2-1-4(7(10)11)3-6(5)9/h3-5H,2H2,1H3,(H,10,11,12);1-3H,(H,10,11). The monoisotopic (exact) mass is 418 g/mol. The number of carboxylic acid groups (broad SMARTS) is 1. The molecule has 1 heterocycles. The van der Waals surface area contributed by atoms with Crippen LogP contribution in [0.3, 0.4) is 0 Å². The van der Waals surface area contributed by atoms with Crippen molar-refractivity contribution in [1.82, 2.24) is 4.98 Å². The van der Waals surface area contributed by atoms with Gasteiger partial charge in [0.15, 0.2) is 0 Å². The second-order valence-corrected chi connectivity index (χ2v) is 5.93. The van der Waals surface area contributed by atoms with Gasteiger partial charge in [-0.2, -0.15) is 0 Å². The molecule has 0 aliphatic rings. The summed E-state index contributed by atoms with van der Waals surface area (Å²) in [5.74, 6) is -0.446. The fourth-order valence-electron chi connectivity index (χ4n) is 1.31. The molecule has 0 aliphatic heterocycles. The molecule has 2 rings (SSSR count). The Kier molecular flexibility index (Phi) is 8.02. The lowest BCUT2D eigenvalue weighted by Crippen LogP contribution is -2.10. The summed E-state index contributed by atoms with van der Waals surface area (Å²) < 4.78 is 0.900. The smallest absolute Gasteiger partial charge is 0.335 e. The number of carbonyl (C=O) groups excluding carboxylic acids is 1. The maximum atomic E-state index is 10.9. The molecule has 0 saturated carbocycles. The topological polar surface area (TPSA) is 79.3 Å². The van der Waals surface area contributed by atoms with E-state index in [1.54, 1.807) is 19.2 Å². The van der Waals surface area contributed by atoms with Gasteiger partial charge in [-0.05, 0) is 46.3 Å². The van der Waals surface area contributed by atoms with Gasteiger partial charge in [0.2, 0.25) is 5.91 Å². The van der Waals surface area contributed by atoms with Gasteiger partial charge < -0.3 is 10.4 Å².